The lowest BCUT2D eigenvalue weighted by molar-refractivity contribution is 0.0686. The van der Waals surface area contributed by atoms with Crippen LogP contribution in [0, 0.1) is 0 Å². The van der Waals surface area contributed by atoms with Crippen LogP contribution in [0.4, 0.5) is 0 Å². The molecule has 0 aliphatic carbocycles. The number of carbonyl (C=O) groups is 1. The third kappa shape index (κ3) is 2.45. The van der Waals surface area contributed by atoms with Crippen LogP contribution >= 0.6 is 0 Å². The molecule has 0 saturated carbocycles. The molecular formula is C14H15NO5. The minimum absolute atomic E-state index is 0.106. The van der Waals surface area contributed by atoms with Gasteiger partial charge in [0.05, 0.1) is 12.7 Å². The third-order valence-electron chi connectivity index (χ3n) is 2.98. The largest absolute Gasteiger partial charge is 0.504 e. The quantitative estimate of drug-likeness (QED) is 0.892. The number of aromatic carboxylic acids is 1. The molecule has 6 heteroatoms. The smallest absolute Gasteiger partial charge is 0.358 e. The van der Waals surface area contributed by atoms with E-state index in [1.54, 1.807) is 12.1 Å². The van der Waals surface area contributed by atoms with E-state index in [-0.39, 0.29) is 23.1 Å². The number of nitrogens with zero attached hydrogens (tertiary/aromatic N) is 1. The maximum Gasteiger partial charge on any atom is 0.358 e. The Morgan fingerprint density at radius 2 is 2.05 bits per heavy atom. The monoisotopic (exact) mass is 277 g/mol. The average Bonchev–Trinajstić information content (AvgIpc) is 2.88. The van der Waals surface area contributed by atoms with Gasteiger partial charge in [-0.3, -0.25) is 0 Å². The zero-order valence-electron chi connectivity index (χ0n) is 11.4. The van der Waals surface area contributed by atoms with Crippen LogP contribution in [0.3, 0.4) is 0 Å². The van der Waals surface area contributed by atoms with Gasteiger partial charge in [0.15, 0.2) is 23.0 Å². The molecule has 1 heterocycles. The molecule has 1 aromatic carbocycles. The van der Waals surface area contributed by atoms with E-state index in [4.69, 9.17) is 14.4 Å². The lowest BCUT2D eigenvalue weighted by Crippen LogP contribution is -1.95. The van der Waals surface area contributed by atoms with E-state index in [9.17, 15) is 9.90 Å². The van der Waals surface area contributed by atoms with E-state index in [0.717, 1.165) is 5.56 Å². The van der Waals surface area contributed by atoms with Crippen molar-refractivity contribution in [2.45, 2.75) is 19.8 Å². The summed E-state index contributed by atoms with van der Waals surface area (Å²) in [7, 11) is 1.45. The molecule has 2 aromatic rings. The van der Waals surface area contributed by atoms with E-state index in [1.165, 1.54) is 13.2 Å². The zero-order valence-corrected chi connectivity index (χ0v) is 11.4. The molecule has 0 aliphatic rings. The Labute approximate surface area is 115 Å². The number of methoxy groups -OCH3 is 1. The third-order valence-corrected chi connectivity index (χ3v) is 2.98. The average molecular weight is 277 g/mol. The van der Waals surface area contributed by atoms with Crippen LogP contribution < -0.4 is 4.74 Å². The summed E-state index contributed by atoms with van der Waals surface area (Å²) >= 11 is 0. The van der Waals surface area contributed by atoms with Crippen molar-refractivity contribution in [2.24, 2.45) is 0 Å². The minimum Gasteiger partial charge on any atom is -0.504 e. The Kier molecular flexibility index (Phi) is 3.65. The number of carboxylic acid groups (broad SMARTS) is 1. The first-order valence-electron chi connectivity index (χ1n) is 6.05. The van der Waals surface area contributed by atoms with Gasteiger partial charge in [0.2, 0.25) is 0 Å². The molecule has 2 N–H and O–H groups in total. The van der Waals surface area contributed by atoms with Gasteiger partial charge >= 0.3 is 5.97 Å². The molecule has 0 fully saturated rings. The minimum atomic E-state index is -1.19. The summed E-state index contributed by atoms with van der Waals surface area (Å²) < 4.78 is 10.1. The molecular weight excluding hydrogens is 262 g/mol. The number of benzene rings is 1. The van der Waals surface area contributed by atoms with Crippen molar-refractivity contribution in [2.75, 3.05) is 7.11 Å². The second kappa shape index (κ2) is 5.24. The molecule has 20 heavy (non-hydrogen) atoms. The van der Waals surface area contributed by atoms with E-state index < -0.39 is 5.97 Å². The number of aromatic hydroxyl groups is 1. The van der Waals surface area contributed by atoms with Crippen molar-refractivity contribution in [3.05, 3.63) is 29.5 Å². The normalized spacial score (nSPS) is 10.8. The molecule has 0 amide bonds. The van der Waals surface area contributed by atoms with Gasteiger partial charge in [-0.2, -0.15) is 0 Å². The zero-order chi connectivity index (χ0) is 14.9. The highest BCUT2D eigenvalue weighted by atomic mass is 16.5. The second-order valence-electron chi connectivity index (χ2n) is 4.66. The summed E-state index contributed by atoms with van der Waals surface area (Å²) in [5.74, 6) is -0.596. The van der Waals surface area contributed by atoms with Crippen LogP contribution in [-0.2, 0) is 0 Å². The summed E-state index contributed by atoms with van der Waals surface area (Å²) in [5.41, 5.74) is 1.07. The molecule has 0 aliphatic heterocycles. The lowest BCUT2D eigenvalue weighted by atomic mass is 9.98. The first kappa shape index (κ1) is 13.9. The van der Waals surface area contributed by atoms with E-state index in [1.807, 2.05) is 13.8 Å². The fraction of sp³-hybridized carbons (Fsp3) is 0.286. The molecule has 0 atom stereocenters. The van der Waals surface area contributed by atoms with Crippen molar-refractivity contribution < 1.29 is 24.3 Å². The first-order chi connectivity index (χ1) is 9.43. The molecule has 0 radical (unpaired) electrons. The Morgan fingerprint density at radius 3 is 2.55 bits per heavy atom. The highest BCUT2D eigenvalue weighted by Crippen LogP contribution is 2.40. The maximum atomic E-state index is 10.8. The lowest BCUT2D eigenvalue weighted by Gasteiger charge is -2.12. The Morgan fingerprint density at radius 1 is 1.35 bits per heavy atom. The Hall–Kier alpha value is -2.50. The number of hydrogen-bond donors (Lipinski definition) is 2. The molecule has 106 valence electrons. The van der Waals surface area contributed by atoms with Gasteiger partial charge < -0.3 is 19.5 Å². The summed E-state index contributed by atoms with van der Waals surface area (Å²) in [6.45, 7) is 4.00. The Balaban J connectivity index is 2.59. The fourth-order valence-electron chi connectivity index (χ4n) is 1.81. The van der Waals surface area contributed by atoms with Gasteiger partial charge in [0, 0.05) is 6.07 Å². The van der Waals surface area contributed by atoms with Crippen LogP contribution in [-0.4, -0.2) is 28.4 Å². The van der Waals surface area contributed by atoms with Gasteiger partial charge in [-0.05, 0) is 23.6 Å². The number of carboxylic acids is 1. The predicted octanol–water partition coefficient (Wildman–Crippen LogP) is 2.88. The number of phenolic OH excluding ortho intramolecular Hbond substituents is 1. The highest BCUT2D eigenvalue weighted by Gasteiger charge is 2.19. The SMILES string of the molecule is COc1cc(C(C)C)cc(-c2cc(C(=O)O)no2)c1O. The number of ether oxygens (including phenoxy) is 1. The van der Waals surface area contributed by atoms with E-state index in [0.29, 0.717) is 11.3 Å². The molecule has 2 rings (SSSR count). The predicted molar refractivity (Wildman–Crippen MR) is 71.2 cm³/mol. The summed E-state index contributed by atoms with van der Waals surface area (Å²) in [5, 5.41) is 22.4. The molecule has 0 bridgehead atoms. The van der Waals surface area contributed by atoms with Crippen LogP contribution in [0.2, 0.25) is 0 Å². The second-order valence-corrected chi connectivity index (χ2v) is 4.66. The van der Waals surface area contributed by atoms with Crippen molar-refractivity contribution in [1.29, 1.82) is 0 Å². The van der Waals surface area contributed by atoms with Crippen LogP contribution in [0.15, 0.2) is 22.7 Å². The van der Waals surface area contributed by atoms with E-state index in [2.05, 4.69) is 5.16 Å². The van der Waals surface area contributed by atoms with Gasteiger partial charge in [-0.15, -0.1) is 0 Å². The van der Waals surface area contributed by atoms with Crippen molar-refractivity contribution in [3.63, 3.8) is 0 Å². The molecule has 1 aromatic heterocycles. The maximum absolute atomic E-state index is 10.8. The van der Waals surface area contributed by atoms with Crippen molar-refractivity contribution >= 4 is 5.97 Å². The molecule has 0 unspecified atom stereocenters. The van der Waals surface area contributed by atoms with Crippen LogP contribution in [0.1, 0.15) is 35.8 Å². The van der Waals surface area contributed by atoms with Gasteiger partial charge in [0.25, 0.3) is 0 Å². The number of rotatable bonds is 4. The number of aromatic nitrogens is 1. The number of hydrogen-bond acceptors (Lipinski definition) is 5. The van der Waals surface area contributed by atoms with Gasteiger partial charge in [-0.25, -0.2) is 4.79 Å². The molecule has 6 nitrogen and oxygen atoms in total. The summed E-state index contributed by atoms with van der Waals surface area (Å²) in [6, 6.07) is 4.73. The molecule has 0 spiro atoms. The summed E-state index contributed by atoms with van der Waals surface area (Å²) in [4.78, 5) is 10.8. The Bertz CT molecular complexity index is 645. The van der Waals surface area contributed by atoms with Crippen molar-refractivity contribution in [3.8, 4) is 22.8 Å². The summed E-state index contributed by atoms with van der Waals surface area (Å²) in [6.07, 6.45) is 0. The fourth-order valence-corrected chi connectivity index (χ4v) is 1.81. The van der Waals surface area contributed by atoms with E-state index >= 15 is 0 Å². The standard InChI is InChI=1S/C14H15NO5/c1-7(2)8-4-9(13(16)12(5-8)19-3)11-6-10(14(17)18)15-20-11/h4-7,16H,1-3H3,(H,17,18). The highest BCUT2D eigenvalue weighted by molar-refractivity contribution is 5.87. The van der Waals surface area contributed by atoms with Gasteiger partial charge in [0.1, 0.15) is 0 Å². The van der Waals surface area contributed by atoms with Crippen LogP contribution in [0.25, 0.3) is 11.3 Å². The van der Waals surface area contributed by atoms with Crippen molar-refractivity contribution in [1.82, 2.24) is 5.16 Å². The van der Waals surface area contributed by atoms with Gasteiger partial charge in [-0.1, -0.05) is 19.0 Å². The topological polar surface area (TPSA) is 92.8 Å². The molecule has 0 saturated heterocycles. The van der Waals surface area contributed by atoms with Crippen LogP contribution in [0.5, 0.6) is 11.5 Å². The number of phenols is 1. The first-order valence-corrected chi connectivity index (χ1v) is 6.05.